The fraction of sp³-hybridized carbons (Fsp3) is 0.286. The Balaban J connectivity index is 1.92. The molecule has 5 heteroatoms. The van der Waals surface area contributed by atoms with Gasteiger partial charge in [0.1, 0.15) is 5.54 Å². The van der Waals surface area contributed by atoms with Gasteiger partial charge in [-0.3, -0.25) is 9.78 Å². The fourth-order valence-corrected chi connectivity index (χ4v) is 2.75. The van der Waals surface area contributed by atoms with Crippen molar-refractivity contribution in [3.8, 4) is 0 Å². The number of fused-ring (bicyclic) bond motifs is 3. The zero-order chi connectivity index (χ0) is 12.9. The third-order valence-electron chi connectivity index (χ3n) is 3.84. The molecule has 2 aliphatic heterocycles. The number of hydrogen-bond donors (Lipinski definition) is 2. The van der Waals surface area contributed by atoms with Crippen LogP contribution in [0.15, 0.2) is 30.5 Å². The van der Waals surface area contributed by atoms with E-state index in [1.165, 1.54) is 0 Å². The number of rotatable bonds is 0. The molecular formula is C14H13N3O2. The fourth-order valence-electron chi connectivity index (χ4n) is 2.75. The first kappa shape index (κ1) is 10.8. The van der Waals surface area contributed by atoms with Gasteiger partial charge in [0.05, 0.1) is 29.7 Å². The number of benzene rings is 1. The molecule has 1 saturated heterocycles. The van der Waals surface area contributed by atoms with Crippen LogP contribution >= 0.6 is 0 Å². The third kappa shape index (κ3) is 1.45. The molecule has 4 rings (SSSR count). The first-order valence-electron chi connectivity index (χ1n) is 6.34. The molecule has 1 spiro atoms. The Hall–Kier alpha value is -2.14. The molecule has 0 bridgehead atoms. The molecule has 1 fully saturated rings. The Bertz CT molecular complexity index is 677. The molecule has 3 heterocycles. The zero-order valence-electron chi connectivity index (χ0n) is 10.3. The normalized spacial score (nSPS) is 25.2. The van der Waals surface area contributed by atoms with Crippen molar-refractivity contribution < 1.29 is 9.53 Å². The van der Waals surface area contributed by atoms with Crippen molar-refractivity contribution in [2.45, 2.75) is 12.0 Å². The lowest BCUT2D eigenvalue weighted by Gasteiger charge is -2.34. The molecule has 0 saturated carbocycles. The molecule has 19 heavy (non-hydrogen) atoms. The summed E-state index contributed by atoms with van der Waals surface area (Å²) in [5.41, 5.74) is 1.97. The highest BCUT2D eigenvalue weighted by Crippen LogP contribution is 2.38. The predicted octanol–water partition coefficient (Wildman–Crippen LogP) is 1.76. The smallest absolute Gasteiger partial charge is 0.252 e. The largest absolute Gasteiger partial charge is 0.378 e. The molecule has 1 unspecified atom stereocenters. The quantitative estimate of drug-likeness (QED) is 0.753. The minimum Gasteiger partial charge on any atom is -0.378 e. The van der Waals surface area contributed by atoms with E-state index in [4.69, 9.17) is 4.74 Å². The van der Waals surface area contributed by atoms with Crippen LogP contribution in [0.25, 0.3) is 10.9 Å². The number of anilines is 2. The number of pyridine rings is 1. The van der Waals surface area contributed by atoms with E-state index in [0.29, 0.717) is 19.6 Å². The highest BCUT2D eigenvalue weighted by molar-refractivity contribution is 6.11. The lowest BCUT2D eigenvalue weighted by atomic mass is 9.93. The van der Waals surface area contributed by atoms with E-state index < -0.39 is 5.54 Å². The van der Waals surface area contributed by atoms with Gasteiger partial charge in [-0.1, -0.05) is 18.2 Å². The second-order valence-electron chi connectivity index (χ2n) is 5.03. The van der Waals surface area contributed by atoms with Gasteiger partial charge >= 0.3 is 0 Å². The number of nitrogens with zero attached hydrogens (tertiary/aromatic N) is 1. The van der Waals surface area contributed by atoms with Crippen molar-refractivity contribution in [1.29, 1.82) is 0 Å². The Morgan fingerprint density at radius 1 is 1.32 bits per heavy atom. The van der Waals surface area contributed by atoms with E-state index in [1.54, 1.807) is 6.20 Å². The lowest BCUT2D eigenvalue weighted by molar-refractivity contribution is -0.120. The monoisotopic (exact) mass is 255 g/mol. The van der Waals surface area contributed by atoms with Gasteiger partial charge in [0.2, 0.25) is 0 Å². The van der Waals surface area contributed by atoms with Crippen LogP contribution in [0.1, 0.15) is 6.42 Å². The summed E-state index contributed by atoms with van der Waals surface area (Å²) in [6.07, 6.45) is 2.39. The molecule has 2 N–H and O–H groups in total. The van der Waals surface area contributed by atoms with E-state index in [9.17, 15) is 4.79 Å². The van der Waals surface area contributed by atoms with Gasteiger partial charge in [-0.2, -0.15) is 0 Å². The highest BCUT2D eigenvalue weighted by Gasteiger charge is 2.45. The van der Waals surface area contributed by atoms with Crippen molar-refractivity contribution in [1.82, 2.24) is 4.98 Å². The summed E-state index contributed by atoms with van der Waals surface area (Å²) in [7, 11) is 0. The van der Waals surface area contributed by atoms with Crippen LogP contribution in [-0.2, 0) is 9.53 Å². The molecule has 96 valence electrons. The topological polar surface area (TPSA) is 63.2 Å². The summed E-state index contributed by atoms with van der Waals surface area (Å²) in [5, 5.41) is 7.35. The number of amides is 1. The number of aromatic nitrogens is 1. The molecule has 2 aromatic rings. The molecular weight excluding hydrogens is 242 g/mol. The number of hydrogen-bond acceptors (Lipinski definition) is 4. The zero-order valence-corrected chi connectivity index (χ0v) is 10.3. The number of carbonyl (C=O) groups is 1. The predicted molar refractivity (Wildman–Crippen MR) is 72.2 cm³/mol. The van der Waals surface area contributed by atoms with Crippen LogP contribution in [0.4, 0.5) is 11.4 Å². The van der Waals surface area contributed by atoms with Crippen molar-refractivity contribution in [3.63, 3.8) is 0 Å². The Morgan fingerprint density at radius 2 is 2.21 bits per heavy atom. The molecule has 5 nitrogen and oxygen atoms in total. The van der Waals surface area contributed by atoms with E-state index in [-0.39, 0.29) is 5.91 Å². The first-order chi connectivity index (χ1) is 9.28. The lowest BCUT2D eigenvalue weighted by Crippen LogP contribution is -2.53. The second kappa shape index (κ2) is 3.68. The van der Waals surface area contributed by atoms with E-state index in [1.807, 2.05) is 24.3 Å². The van der Waals surface area contributed by atoms with Crippen molar-refractivity contribution in [2.75, 3.05) is 23.8 Å². The van der Waals surface area contributed by atoms with Gasteiger partial charge in [0.25, 0.3) is 5.91 Å². The standard InChI is InChI=1S/C14H13N3O2/c18-13-14(5-6-19-8-14)17-12-9-3-1-2-4-10(9)15-7-11(12)16-13/h1-4,7,17H,5-6,8H2,(H,16,18). The molecule has 2 aliphatic rings. The van der Waals surface area contributed by atoms with Crippen LogP contribution in [0, 0.1) is 0 Å². The minimum atomic E-state index is -0.628. The van der Waals surface area contributed by atoms with Crippen LogP contribution < -0.4 is 10.6 Å². The van der Waals surface area contributed by atoms with Crippen LogP contribution in [0.3, 0.4) is 0 Å². The summed E-state index contributed by atoms with van der Waals surface area (Å²) in [5.74, 6) is -0.0328. The maximum atomic E-state index is 12.2. The molecule has 1 aromatic carbocycles. The first-order valence-corrected chi connectivity index (χ1v) is 6.34. The summed E-state index contributed by atoms with van der Waals surface area (Å²) >= 11 is 0. The number of ether oxygens (including phenoxy) is 1. The van der Waals surface area contributed by atoms with Crippen molar-refractivity contribution in [2.24, 2.45) is 0 Å². The summed E-state index contributed by atoms with van der Waals surface area (Å²) in [6, 6.07) is 7.90. The Morgan fingerprint density at radius 3 is 3.05 bits per heavy atom. The van der Waals surface area contributed by atoms with Crippen LogP contribution in [0.2, 0.25) is 0 Å². The number of para-hydroxylation sites is 1. The van der Waals surface area contributed by atoms with Crippen molar-refractivity contribution >= 4 is 28.2 Å². The molecule has 1 atom stereocenters. The average molecular weight is 255 g/mol. The molecule has 1 amide bonds. The minimum absolute atomic E-state index is 0.0328. The summed E-state index contributed by atoms with van der Waals surface area (Å²) in [4.78, 5) is 16.6. The van der Waals surface area contributed by atoms with Gasteiger partial charge < -0.3 is 15.4 Å². The Labute approximate surface area is 110 Å². The summed E-state index contributed by atoms with van der Waals surface area (Å²) < 4.78 is 5.40. The Kier molecular flexibility index (Phi) is 2.08. The van der Waals surface area contributed by atoms with E-state index >= 15 is 0 Å². The third-order valence-corrected chi connectivity index (χ3v) is 3.84. The highest BCUT2D eigenvalue weighted by atomic mass is 16.5. The van der Waals surface area contributed by atoms with Gasteiger partial charge in [0, 0.05) is 18.4 Å². The number of carbonyl (C=O) groups excluding carboxylic acids is 1. The SMILES string of the molecule is O=C1Nc2cnc3ccccc3c2NC12CCOC2. The van der Waals surface area contributed by atoms with Crippen LogP contribution in [0.5, 0.6) is 0 Å². The molecule has 1 aromatic heterocycles. The second-order valence-corrected chi connectivity index (χ2v) is 5.03. The number of nitrogens with one attached hydrogen (secondary N) is 2. The van der Waals surface area contributed by atoms with E-state index in [0.717, 1.165) is 22.3 Å². The van der Waals surface area contributed by atoms with Gasteiger partial charge in [-0.25, -0.2) is 0 Å². The van der Waals surface area contributed by atoms with Gasteiger partial charge in [0.15, 0.2) is 0 Å². The maximum Gasteiger partial charge on any atom is 0.252 e. The van der Waals surface area contributed by atoms with Gasteiger partial charge in [-0.05, 0) is 6.07 Å². The summed E-state index contributed by atoms with van der Waals surface area (Å²) in [6.45, 7) is 1.02. The van der Waals surface area contributed by atoms with Crippen molar-refractivity contribution in [3.05, 3.63) is 30.5 Å². The van der Waals surface area contributed by atoms with Gasteiger partial charge in [-0.15, -0.1) is 0 Å². The molecule has 0 radical (unpaired) electrons. The average Bonchev–Trinajstić information content (AvgIpc) is 2.90. The van der Waals surface area contributed by atoms with Crippen LogP contribution in [-0.4, -0.2) is 29.6 Å². The maximum absolute atomic E-state index is 12.2. The molecule has 0 aliphatic carbocycles. The van der Waals surface area contributed by atoms with E-state index in [2.05, 4.69) is 15.6 Å².